The van der Waals surface area contributed by atoms with Crippen molar-refractivity contribution in [2.75, 3.05) is 11.9 Å². The summed E-state index contributed by atoms with van der Waals surface area (Å²) in [7, 11) is 0. The Balaban J connectivity index is 1.57. The van der Waals surface area contributed by atoms with E-state index in [0.29, 0.717) is 37.6 Å². The van der Waals surface area contributed by atoms with E-state index < -0.39 is 23.8 Å². The number of nitrogens with zero attached hydrogens (tertiary/aromatic N) is 3. The van der Waals surface area contributed by atoms with Gasteiger partial charge in [0.05, 0.1) is 29.4 Å². The molecule has 0 spiro atoms. The fourth-order valence-electron chi connectivity index (χ4n) is 3.26. The molecule has 1 aliphatic carbocycles. The van der Waals surface area contributed by atoms with Gasteiger partial charge in [-0.2, -0.15) is 5.10 Å². The molecule has 0 radical (unpaired) electrons. The summed E-state index contributed by atoms with van der Waals surface area (Å²) in [4.78, 5) is 21.3. The first-order chi connectivity index (χ1) is 14.5. The SMILES string of the molecule is CCOc1c(F)c(Cl)c(-c2ccc3nc(NC(=O)[C@@H]4C[C@@H]4F)sc3n2)c2cn[nH]c12. The Kier molecular flexibility index (Phi) is 4.55. The van der Waals surface area contributed by atoms with E-state index in [1.165, 1.54) is 6.20 Å². The Morgan fingerprint density at radius 3 is 2.97 bits per heavy atom. The van der Waals surface area contributed by atoms with Crippen LogP contribution in [0.15, 0.2) is 18.3 Å². The summed E-state index contributed by atoms with van der Waals surface area (Å²) in [6.07, 6.45) is 0.686. The molecule has 1 fully saturated rings. The van der Waals surface area contributed by atoms with Crippen LogP contribution >= 0.6 is 22.9 Å². The molecule has 5 rings (SSSR count). The summed E-state index contributed by atoms with van der Waals surface area (Å²) >= 11 is 7.49. The number of aromatic amines is 1. The van der Waals surface area contributed by atoms with Gasteiger partial charge in [0, 0.05) is 10.9 Å². The number of pyridine rings is 1. The van der Waals surface area contributed by atoms with Gasteiger partial charge in [0.25, 0.3) is 0 Å². The number of thiazole rings is 1. The highest BCUT2D eigenvalue weighted by Gasteiger charge is 2.43. The molecule has 0 bridgehead atoms. The molecule has 2 atom stereocenters. The Labute approximate surface area is 177 Å². The lowest BCUT2D eigenvalue weighted by Crippen LogP contribution is -2.14. The molecule has 0 unspecified atom stereocenters. The maximum atomic E-state index is 14.9. The summed E-state index contributed by atoms with van der Waals surface area (Å²) in [6.45, 7) is 2.01. The van der Waals surface area contributed by atoms with Gasteiger partial charge in [-0.15, -0.1) is 0 Å². The number of nitrogens with one attached hydrogen (secondary N) is 2. The highest BCUT2D eigenvalue weighted by molar-refractivity contribution is 7.22. The quantitative estimate of drug-likeness (QED) is 0.459. The summed E-state index contributed by atoms with van der Waals surface area (Å²) in [6, 6.07) is 3.37. The monoisotopic (exact) mass is 449 g/mol. The second kappa shape index (κ2) is 7.13. The molecule has 7 nitrogen and oxygen atoms in total. The minimum absolute atomic E-state index is 0.00820. The average molecular weight is 450 g/mol. The number of amides is 1. The number of fused-ring (bicyclic) bond motifs is 2. The van der Waals surface area contributed by atoms with Crippen molar-refractivity contribution in [1.29, 1.82) is 0 Å². The lowest BCUT2D eigenvalue weighted by atomic mass is 10.1. The third-order valence-corrected chi connectivity index (χ3v) is 6.06. The zero-order chi connectivity index (χ0) is 21.0. The molecule has 3 heterocycles. The standard InChI is InChI=1S/C19H14ClF2N5O2S/c1-2-29-16-14(22)13(20)12(8-6-23-27-15(8)16)10-3-4-11-18(24-10)30-19(25-11)26-17(28)7-5-9(7)21/h3-4,6-7,9H,2,5H2,1H3,(H,23,27)(H,25,26,28)/t7-,9+/m1/s1. The fraction of sp³-hybridized carbons (Fsp3) is 0.263. The first kappa shape index (κ1) is 19.1. The molecule has 1 aromatic carbocycles. The van der Waals surface area contributed by atoms with Crippen LogP contribution in [0.5, 0.6) is 5.75 Å². The lowest BCUT2D eigenvalue weighted by molar-refractivity contribution is -0.117. The van der Waals surface area contributed by atoms with E-state index in [2.05, 4.69) is 25.5 Å². The van der Waals surface area contributed by atoms with Crippen molar-refractivity contribution in [3.05, 3.63) is 29.2 Å². The van der Waals surface area contributed by atoms with Crippen LogP contribution in [0, 0.1) is 11.7 Å². The number of ether oxygens (including phenoxy) is 1. The zero-order valence-electron chi connectivity index (χ0n) is 15.5. The summed E-state index contributed by atoms with van der Waals surface area (Å²) in [5, 5.41) is 10.1. The first-order valence-corrected chi connectivity index (χ1v) is 10.4. The van der Waals surface area contributed by atoms with Crippen molar-refractivity contribution in [2.24, 2.45) is 5.92 Å². The molecule has 4 aromatic rings. The van der Waals surface area contributed by atoms with Gasteiger partial charge in [0.2, 0.25) is 5.91 Å². The number of carbonyl (C=O) groups excluding carboxylic acids is 1. The van der Waals surface area contributed by atoms with E-state index in [0.717, 1.165) is 11.3 Å². The van der Waals surface area contributed by atoms with Crippen LogP contribution in [0.1, 0.15) is 13.3 Å². The van der Waals surface area contributed by atoms with Crippen LogP contribution in [0.4, 0.5) is 13.9 Å². The van der Waals surface area contributed by atoms with Gasteiger partial charge in [-0.05, 0) is 25.5 Å². The molecule has 154 valence electrons. The number of anilines is 1. The van der Waals surface area contributed by atoms with Crippen molar-refractivity contribution in [1.82, 2.24) is 20.2 Å². The van der Waals surface area contributed by atoms with E-state index in [9.17, 15) is 13.6 Å². The second-order valence-electron chi connectivity index (χ2n) is 6.81. The number of aromatic nitrogens is 4. The van der Waals surface area contributed by atoms with Crippen molar-refractivity contribution in [2.45, 2.75) is 19.5 Å². The number of benzene rings is 1. The highest BCUT2D eigenvalue weighted by atomic mass is 35.5. The van der Waals surface area contributed by atoms with Crippen LogP contribution in [-0.4, -0.2) is 38.9 Å². The van der Waals surface area contributed by atoms with Crippen LogP contribution in [0.3, 0.4) is 0 Å². The molecule has 2 N–H and O–H groups in total. The van der Waals surface area contributed by atoms with E-state index in [4.69, 9.17) is 16.3 Å². The van der Waals surface area contributed by atoms with Gasteiger partial charge in [-0.3, -0.25) is 9.89 Å². The fourth-order valence-corrected chi connectivity index (χ4v) is 4.39. The Morgan fingerprint density at radius 2 is 2.23 bits per heavy atom. The van der Waals surface area contributed by atoms with Gasteiger partial charge in [0.15, 0.2) is 16.7 Å². The third-order valence-electron chi connectivity index (χ3n) is 4.83. The predicted octanol–water partition coefficient (Wildman–Crippen LogP) is 4.72. The Bertz CT molecular complexity index is 1310. The van der Waals surface area contributed by atoms with Crippen molar-refractivity contribution >= 4 is 55.2 Å². The molecular weight excluding hydrogens is 436 g/mol. The molecule has 1 saturated carbocycles. The summed E-state index contributed by atoms with van der Waals surface area (Å²) in [5.74, 6) is -1.69. The van der Waals surface area contributed by atoms with Crippen LogP contribution in [0.2, 0.25) is 5.02 Å². The molecule has 30 heavy (non-hydrogen) atoms. The molecular formula is C19H14ClF2N5O2S. The van der Waals surface area contributed by atoms with E-state index in [1.807, 2.05) is 0 Å². The van der Waals surface area contributed by atoms with Crippen molar-refractivity contribution in [3.8, 4) is 17.0 Å². The van der Waals surface area contributed by atoms with Crippen molar-refractivity contribution in [3.63, 3.8) is 0 Å². The molecule has 0 saturated heterocycles. The van der Waals surface area contributed by atoms with E-state index in [1.54, 1.807) is 19.1 Å². The van der Waals surface area contributed by atoms with E-state index >= 15 is 0 Å². The zero-order valence-corrected chi connectivity index (χ0v) is 17.1. The lowest BCUT2D eigenvalue weighted by Gasteiger charge is -2.12. The topological polar surface area (TPSA) is 92.8 Å². The average Bonchev–Trinajstić information content (AvgIpc) is 3.11. The van der Waals surface area contributed by atoms with Gasteiger partial charge < -0.3 is 10.1 Å². The normalized spacial score (nSPS) is 18.1. The van der Waals surface area contributed by atoms with Gasteiger partial charge in [0.1, 0.15) is 22.0 Å². The van der Waals surface area contributed by atoms with Gasteiger partial charge >= 0.3 is 0 Å². The number of halogens is 3. The van der Waals surface area contributed by atoms with Crippen LogP contribution in [-0.2, 0) is 4.79 Å². The summed E-state index contributed by atoms with van der Waals surface area (Å²) in [5.41, 5.74) is 1.74. The molecule has 3 aromatic heterocycles. The first-order valence-electron chi connectivity index (χ1n) is 9.17. The second-order valence-corrected chi connectivity index (χ2v) is 8.17. The number of alkyl halides is 1. The van der Waals surface area contributed by atoms with Crippen molar-refractivity contribution < 1.29 is 18.3 Å². The number of H-pyrrole nitrogens is 1. The van der Waals surface area contributed by atoms with E-state index in [-0.39, 0.29) is 23.8 Å². The predicted molar refractivity (Wildman–Crippen MR) is 110 cm³/mol. The van der Waals surface area contributed by atoms with Crippen LogP contribution in [0.25, 0.3) is 32.5 Å². The van der Waals surface area contributed by atoms with Crippen LogP contribution < -0.4 is 10.1 Å². The number of hydrogen-bond acceptors (Lipinski definition) is 6. The largest absolute Gasteiger partial charge is 0.489 e. The number of hydrogen-bond donors (Lipinski definition) is 2. The van der Waals surface area contributed by atoms with Gasteiger partial charge in [-0.25, -0.2) is 18.7 Å². The number of carbonyl (C=O) groups is 1. The minimum Gasteiger partial charge on any atom is -0.489 e. The molecule has 1 aliphatic rings. The number of rotatable bonds is 5. The maximum absolute atomic E-state index is 14.9. The molecule has 11 heteroatoms. The summed E-state index contributed by atoms with van der Waals surface area (Å²) < 4.78 is 33.4. The minimum atomic E-state index is -1.09. The molecule has 1 amide bonds. The third kappa shape index (κ3) is 3.07. The smallest absolute Gasteiger partial charge is 0.232 e. The Morgan fingerprint density at radius 1 is 1.43 bits per heavy atom. The molecule has 0 aliphatic heterocycles. The Hall–Kier alpha value is -2.85. The highest BCUT2D eigenvalue weighted by Crippen LogP contribution is 2.42. The van der Waals surface area contributed by atoms with Gasteiger partial charge in [-0.1, -0.05) is 22.9 Å². The maximum Gasteiger partial charge on any atom is 0.232 e.